The number of hydrogen-bond donors (Lipinski definition) is 1. The van der Waals surface area contributed by atoms with E-state index in [9.17, 15) is 14.7 Å². The molecule has 0 radical (unpaired) electrons. The van der Waals surface area contributed by atoms with Gasteiger partial charge in [-0.2, -0.15) is 0 Å². The molecule has 1 fully saturated rings. The quantitative estimate of drug-likeness (QED) is 0.243. The van der Waals surface area contributed by atoms with Gasteiger partial charge >= 0.3 is 0 Å². The van der Waals surface area contributed by atoms with Crippen molar-refractivity contribution in [1.82, 2.24) is 4.90 Å². The van der Waals surface area contributed by atoms with Crippen LogP contribution in [-0.2, 0) is 16.1 Å². The van der Waals surface area contributed by atoms with Gasteiger partial charge in [-0.3, -0.25) is 9.59 Å². The van der Waals surface area contributed by atoms with Gasteiger partial charge in [0.05, 0.1) is 32.4 Å². The van der Waals surface area contributed by atoms with E-state index in [0.717, 1.165) is 27.8 Å². The summed E-state index contributed by atoms with van der Waals surface area (Å²) >= 11 is 0. The number of carbonyl (C=O) groups excluding carboxylic acids is 2. The molecular weight excluding hydrogens is 466 g/mol. The molecule has 1 saturated heterocycles. The minimum absolute atomic E-state index is 0.0739. The van der Waals surface area contributed by atoms with Gasteiger partial charge in [0.25, 0.3) is 11.7 Å². The van der Waals surface area contributed by atoms with Crippen molar-refractivity contribution in [2.45, 2.75) is 46.2 Å². The summed E-state index contributed by atoms with van der Waals surface area (Å²) in [5.74, 6) is 0.0823. The first-order valence-corrected chi connectivity index (χ1v) is 12.3. The van der Waals surface area contributed by atoms with E-state index in [1.807, 2.05) is 68.4 Å². The molecule has 1 aliphatic heterocycles. The fourth-order valence-corrected chi connectivity index (χ4v) is 4.88. The van der Waals surface area contributed by atoms with Crippen LogP contribution in [0.3, 0.4) is 0 Å². The Hall–Kier alpha value is -4.06. The number of carbonyl (C=O) groups is 2. The van der Waals surface area contributed by atoms with Gasteiger partial charge < -0.3 is 19.5 Å². The van der Waals surface area contributed by atoms with Crippen LogP contribution in [0.2, 0.25) is 0 Å². The molecule has 192 valence electrons. The van der Waals surface area contributed by atoms with Gasteiger partial charge in [0.2, 0.25) is 0 Å². The number of para-hydroxylation sites is 1. The van der Waals surface area contributed by atoms with Crippen molar-refractivity contribution in [3.05, 3.63) is 99.6 Å². The number of nitrogens with zero attached hydrogens (tertiary/aromatic N) is 1. The molecule has 0 bridgehead atoms. The third kappa shape index (κ3) is 4.84. The number of aryl methyl sites for hydroxylation is 2. The zero-order chi connectivity index (χ0) is 26.9. The summed E-state index contributed by atoms with van der Waals surface area (Å²) in [4.78, 5) is 28.4. The summed E-state index contributed by atoms with van der Waals surface area (Å²) < 4.78 is 10.9. The minimum Gasteiger partial charge on any atom is -0.507 e. The molecule has 4 rings (SSSR count). The number of likely N-dealkylation sites (tertiary alicyclic amines) is 1. The van der Waals surface area contributed by atoms with E-state index >= 15 is 0 Å². The van der Waals surface area contributed by atoms with Gasteiger partial charge in [-0.25, -0.2) is 0 Å². The Balaban J connectivity index is 1.90. The third-order valence-corrected chi connectivity index (χ3v) is 6.99. The molecule has 0 aliphatic carbocycles. The molecule has 6 heteroatoms. The van der Waals surface area contributed by atoms with Crippen molar-refractivity contribution in [1.29, 1.82) is 0 Å². The highest BCUT2D eigenvalue weighted by Gasteiger charge is 2.46. The monoisotopic (exact) mass is 499 g/mol. The molecule has 37 heavy (non-hydrogen) atoms. The number of benzene rings is 3. The molecular formula is C31H33NO5. The van der Waals surface area contributed by atoms with Crippen molar-refractivity contribution >= 4 is 17.4 Å². The van der Waals surface area contributed by atoms with E-state index in [0.29, 0.717) is 23.0 Å². The summed E-state index contributed by atoms with van der Waals surface area (Å²) in [7, 11) is 3.16. The summed E-state index contributed by atoms with van der Waals surface area (Å²) in [6.45, 7) is 8.09. The second-order valence-electron chi connectivity index (χ2n) is 9.70. The van der Waals surface area contributed by atoms with Gasteiger partial charge in [-0.15, -0.1) is 0 Å². The highest BCUT2D eigenvalue weighted by molar-refractivity contribution is 6.46. The molecule has 1 unspecified atom stereocenters. The van der Waals surface area contributed by atoms with Crippen LogP contribution >= 0.6 is 0 Å². The Labute approximate surface area is 218 Å². The Kier molecular flexibility index (Phi) is 7.39. The summed E-state index contributed by atoms with van der Waals surface area (Å²) in [6.07, 6.45) is 0. The molecule has 0 spiro atoms. The largest absolute Gasteiger partial charge is 0.507 e. The first kappa shape index (κ1) is 26.0. The van der Waals surface area contributed by atoms with E-state index in [-0.39, 0.29) is 17.9 Å². The third-order valence-electron chi connectivity index (χ3n) is 6.99. The van der Waals surface area contributed by atoms with E-state index in [1.165, 1.54) is 4.90 Å². The number of hydrogen-bond acceptors (Lipinski definition) is 5. The number of ether oxygens (including phenoxy) is 2. The average molecular weight is 500 g/mol. The fourth-order valence-electron chi connectivity index (χ4n) is 4.88. The standard InChI is InChI=1S/C31H33NO5/c1-18(2)21-11-13-22(14-12-21)28-27(29(33)24-15-20(4)26(37-6)16-19(24)3)30(34)31(35)32(28)17-23-9-7-8-10-25(23)36-5/h7-16,18,28,33H,17H2,1-6H3/b29-27+. The topological polar surface area (TPSA) is 76.1 Å². The molecule has 6 nitrogen and oxygen atoms in total. The molecule has 1 heterocycles. The lowest BCUT2D eigenvalue weighted by Gasteiger charge is -2.26. The average Bonchev–Trinajstić information content (AvgIpc) is 3.14. The predicted octanol–water partition coefficient (Wildman–Crippen LogP) is 6.07. The van der Waals surface area contributed by atoms with Crippen molar-refractivity contribution in [3.63, 3.8) is 0 Å². The normalized spacial score (nSPS) is 16.9. The Morgan fingerprint density at radius 2 is 1.57 bits per heavy atom. The van der Waals surface area contributed by atoms with E-state index in [4.69, 9.17) is 9.47 Å². The van der Waals surface area contributed by atoms with Gasteiger partial charge in [-0.05, 0) is 60.2 Å². The Bertz CT molecular complexity index is 1370. The number of aliphatic hydroxyl groups is 1. The van der Waals surface area contributed by atoms with Crippen LogP contribution in [-0.4, -0.2) is 35.9 Å². The molecule has 1 amide bonds. The van der Waals surface area contributed by atoms with Crippen LogP contribution in [0.25, 0.3) is 5.76 Å². The zero-order valence-corrected chi connectivity index (χ0v) is 22.2. The van der Waals surface area contributed by atoms with E-state index in [1.54, 1.807) is 20.3 Å². The molecule has 1 atom stereocenters. The molecule has 1 aliphatic rings. The predicted molar refractivity (Wildman–Crippen MR) is 144 cm³/mol. The van der Waals surface area contributed by atoms with Crippen molar-refractivity contribution < 1.29 is 24.2 Å². The van der Waals surface area contributed by atoms with Gasteiger partial charge in [0.1, 0.15) is 17.3 Å². The molecule has 1 N–H and O–H groups in total. The van der Waals surface area contributed by atoms with Crippen LogP contribution in [0, 0.1) is 13.8 Å². The number of methoxy groups -OCH3 is 2. The second kappa shape index (κ2) is 10.5. The Morgan fingerprint density at radius 3 is 2.19 bits per heavy atom. The van der Waals surface area contributed by atoms with Crippen LogP contribution in [0.5, 0.6) is 11.5 Å². The van der Waals surface area contributed by atoms with Gasteiger partial charge in [-0.1, -0.05) is 56.3 Å². The minimum atomic E-state index is -0.757. The van der Waals surface area contributed by atoms with Crippen LogP contribution < -0.4 is 9.47 Å². The lowest BCUT2D eigenvalue weighted by molar-refractivity contribution is -0.140. The van der Waals surface area contributed by atoms with Gasteiger partial charge in [0.15, 0.2) is 0 Å². The summed E-state index contributed by atoms with van der Waals surface area (Å²) in [5.41, 5.74) is 4.80. The maximum absolute atomic E-state index is 13.5. The lowest BCUT2D eigenvalue weighted by Crippen LogP contribution is -2.29. The number of amides is 1. The summed E-state index contributed by atoms with van der Waals surface area (Å²) in [6, 6.07) is 18.1. The molecule has 0 aromatic heterocycles. The molecule has 0 saturated carbocycles. The molecule has 3 aromatic rings. The number of rotatable bonds is 7. The first-order valence-electron chi connectivity index (χ1n) is 12.3. The SMILES string of the molecule is COc1cc(C)c(/C(O)=C2\C(=O)C(=O)N(Cc3ccccc3OC)C2c2ccc(C(C)C)cc2)cc1C. The fraction of sp³-hybridized carbons (Fsp3) is 0.290. The maximum Gasteiger partial charge on any atom is 0.295 e. The number of ketones is 1. The van der Waals surface area contributed by atoms with Gasteiger partial charge in [0, 0.05) is 11.1 Å². The Morgan fingerprint density at radius 1 is 0.919 bits per heavy atom. The smallest absolute Gasteiger partial charge is 0.295 e. The van der Waals surface area contributed by atoms with Crippen LogP contribution in [0.15, 0.2) is 66.2 Å². The van der Waals surface area contributed by atoms with Crippen molar-refractivity contribution in [2.75, 3.05) is 14.2 Å². The maximum atomic E-state index is 13.5. The lowest BCUT2D eigenvalue weighted by atomic mass is 9.91. The molecule has 3 aromatic carbocycles. The second-order valence-corrected chi connectivity index (χ2v) is 9.70. The number of Topliss-reactive ketones (excluding diaryl/α,β-unsaturated/α-hetero) is 1. The summed E-state index contributed by atoms with van der Waals surface area (Å²) in [5, 5.41) is 11.6. The first-order chi connectivity index (χ1) is 17.7. The van der Waals surface area contributed by atoms with Crippen LogP contribution in [0.4, 0.5) is 0 Å². The highest BCUT2D eigenvalue weighted by atomic mass is 16.5. The highest BCUT2D eigenvalue weighted by Crippen LogP contribution is 2.42. The number of aliphatic hydroxyl groups excluding tert-OH is 1. The van der Waals surface area contributed by atoms with Crippen molar-refractivity contribution in [3.8, 4) is 11.5 Å². The van der Waals surface area contributed by atoms with Crippen LogP contribution in [0.1, 0.15) is 59.2 Å². The zero-order valence-electron chi connectivity index (χ0n) is 22.2. The van der Waals surface area contributed by atoms with Crippen molar-refractivity contribution in [2.24, 2.45) is 0 Å². The van der Waals surface area contributed by atoms with E-state index in [2.05, 4.69) is 13.8 Å². The van der Waals surface area contributed by atoms with E-state index < -0.39 is 17.7 Å².